The predicted octanol–water partition coefficient (Wildman–Crippen LogP) is 2.76. The average molecular weight is 273 g/mol. The highest BCUT2D eigenvalue weighted by molar-refractivity contribution is 5.31. The maximum absolute atomic E-state index is 8.76. The van der Waals surface area contributed by atoms with Gasteiger partial charge in [-0.15, -0.1) is 0 Å². The van der Waals surface area contributed by atoms with Gasteiger partial charge in [-0.2, -0.15) is 5.26 Å². The van der Waals surface area contributed by atoms with Crippen LogP contribution in [-0.4, -0.2) is 25.1 Å². The van der Waals surface area contributed by atoms with E-state index in [1.807, 2.05) is 24.3 Å². The van der Waals surface area contributed by atoms with E-state index in [0.29, 0.717) is 12.2 Å². The minimum absolute atomic E-state index is 0.282. The first kappa shape index (κ1) is 13.6. The predicted molar refractivity (Wildman–Crippen MR) is 72.8 cm³/mol. The molecule has 0 radical (unpaired) electrons. The van der Waals surface area contributed by atoms with E-state index in [4.69, 9.17) is 19.5 Å². The molecule has 1 spiro atoms. The van der Waals surface area contributed by atoms with Crippen molar-refractivity contribution in [2.45, 2.75) is 44.2 Å². The molecule has 1 aromatic rings. The summed E-state index contributed by atoms with van der Waals surface area (Å²) in [6.45, 7) is 2.04. The van der Waals surface area contributed by atoms with Gasteiger partial charge in [0.05, 0.1) is 37.6 Å². The van der Waals surface area contributed by atoms with Gasteiger partial charge in [0.25, 0.3) is 0 Å². The normalized spacial score (nSPS) is 21.9. The van der Waals surface area contributed by atoms with Crippen LogP contribution in [0.4, 0.5) is 0 Å². The van der Waals surface area contributed by atoms with Crippen LogP contribution in [0, 0.1) is 11.3 Å². The fraction of sp³-hybridized carbons (Fsp3) is 0.562. The first-order valence-corrected chi connectivity index (χ1v) is 7.18. The molecule has 0 unspecified atom stereocenters. The summed E-state index contributed by atoms with van der Waals surface area (Å²) >= 11 is 0. The van der Waals surface area contributed by atoms with Crippen molar-refractivity contribution in [2.24, 2.45) is 0 Å². The maximum atomic E-state index is 8.76. The molecule has 0 atom stereocenters. The van der Waals surface area contributed by atoms with Crippen LogP contribution in [0.15, 0.2) is 24.3 Å². The second-order valence-electron chi connectivity index (χ2n) is 5.43. The highest BCUT2D eigenvalue weighted by atomic mass is 16.7. The van der Waals surface area contributed by atoms with Crippen molar-refractivity contribution in [2.75, 3.05) is 13.2 Å². The molecule has 1 aliphatic carbocycles. The van der Waals surface area contributed by atoms with E-state index >= 15 is 0 Å². The van der Waals surface area contributed by atoms with Gasteiger partial charge in [-0.25, -0.2) is 0 Å². The van der Waals surface area contributed by atoms with Crippen LogP contribution < -0.4 is 0 Å². The van der Waals surface area contributed by atoms with Gasteiger partial charge in [0.15, 0.2) is 5.79 Å². The smallest absolute Gasteiger partial charge is 0.168 e. The van der Waals surface area contributed by atoms with Crippen LogP contribution in [0.2, 0.25) is 0 Å². The van der Waals surface area contributed by atoms with Crippen molar-refractivity contribution in [3.05, 3.63) is 35.4 Å². The van der Waals surface area contributed by atoms with Crippen LogP contribution in [0.3, 0.4) is 0 Å². The lowest BCUT2D eigenvalue weighted by Gasteiger charge is -2.35. The summed E-state index contributed by atoms with van der Waals surface area (Å²) in [7, 11) is 0. The quantitative estimate of drug-likeness (QED) is 0.849. The summed E-state index contributed by atoms with van der Waals surface area (Å²) in [5.41, 5.74) is 1.79. The lowest BCUT2D eigenvalue weighted by molar-refractivity contribution is -0.192. The lowest BCUT2D eigenvalue weighted by atomic mass is 9.92. The van der Waals surface area contributed by atoms with Crippen molar-refractivity contribution < 1.29 is 14.2 Å². The van der Waals surface area contributed by atoms with E-state index < -0.39 is 0 Å². The van der Waals surface area contributed by atoms with Gasteiger partial charge in [-0.3, -0.25) is 0 Å². The largest absolute Gasteiger partial charge is 0.374 e. The van der Waals surface area contributed by atoms with Gasteiger partial charge >= 0.3 is 0 Å². The minimum Gasteiger partial charge on any atom is -0.374 e. The van der Waals surface area contributed by atoms with E-state index in [0.717, 1.165) is 44.5 Å². The highest BCUT2D eigenvalue weighted by Crippen LogP contribution is 2.36. The molecule has 0 bridgehead atoms. The van der Waals surface area contributed by atoms with Crippen molar-refractivity contribution >= 4 is 0 Å². The molecule has 1 heterocycles. The molecule has 0 aromatic heterocycles. The van der Waals surface area contributed by atoms with Gasteiger partial charge in [-0.1, -0.05) is 12.1 Å². The van der Waals surface area contributed by atoms with Gasteiger partial charge in [-0.05, 0) is 30.5 Å². The number of rotatable bonds is 3. The first-order chi connectivity index (χ1) is 9.80. The van der Waals surface area contributed by atoms with Gasteiger partial charge < -0.3 is 14.2 Å². The van der Waals surface area contributed by atoms with E-state index in [-0.39, 0.29) is 11.9 Å². The fourth-order valence-corrected chi connectivity index (χ4v) is 2.87. The number of hydrogen-bond donors (Lipinski definition) is 0. The Morgan fingerprint density at radius 2 is 1.80 bits per heavy atom. The Labute approximate surface area is 119 Å². The van der Waals surface area contributed by atoms with Crippen LogP contribution >= 0.6 is 0 Å². The molecule has 20 heavy (non-hydrogen) atoms. The Kier molecular flexibility index (Phi) is 4.02. The zero-order valence-electron chi connectivity index (χ0n) is 11.5. The number of nitriles is 1. The Bertz CT molecular complexity index is 475. The molecule has 3 rings (SSSR count). The third-order valence-electron chi connectivity index (χ3n) is 4.08. The first-order valence-electron chi connectivity index (χ1n) is 7.18. The van der Waals surface area contributed by atoms with Gasteiger partial charge in [0.1, 0.15) is 0 Å². The standard InChI is InChI=1S/C16H19NO3/c17-11-13-1-3-14(4-2-13)12-18-15-5-7-16(8-6-15)19-9-10-20-16/h1-4,15H,5-10,12H2. The summed E-state index contributed by atoms with van der Waals surface area (Å²) in [5.74, 6) is -0.311. The van der Waals surface area contributed by atoms with E-state index in [2.05, 4.69) is 6.07 Å². The SMILES string of the molecule is N#Cc1ccc(COC2CCC3(CC2)OCCO3)cc1. The molecule has 1 saturated heterocycles. The molecule has 2 fully saturated rings. The molecule has 4 nitrogen and oxygen atoms in total. The molecular weight excluding hydrogens is 254 g/mol. The van der Waals surface area contributed by atoms with Crippen LogP contribution in [0.5, 0.6) is 0 Å². The van der Waals surface area contributed by atoms with E-state index in [1.165, 1.54) is 0 Å². The van der Waals surface area contributed by atoms with E-state index in [9.17, 15) is 0 Å². The second-order valence-corrected chi connectivity index (χ2v) is 5.43. The van der Waals surface area contributed by atoms with Crippen molar-refractivity contribution in [3.63, 3.8) is 0 Å². The van der Waals surface area contributed by atoms with Gasteiger partial charge in [0.2, 0.25) is 0 Å². The Morgan fingerprint density at radius 1 is 1.15 bits per heavy atom. The highest BCUT2D eigenvalue weighted by Gasteiger charge is 2.40. The maximum Gasteiger partial charge on any atom is 0.168 e. The van der Waals surface area contributed by atoms with E-state index in [1.54, 1.807) is 0 Å². The third-order valence-corrected chi connectivity index (χ3v) is 4.08. The topological polar surface area (TPSA) is 51.5 Å². The Morgan fingerprint density at radius 3 is 2.40 bits per heavy atom. The summed E-state index contributed by atoms with van der Waals surface area (Å²) in [5, 5.41) is 8.76. The number of ether oxygens (including phenoxy) is 3. The molecule has 1 aliphatic heterocycles. The van der Waals surface area contributed by atoms with Crippen molar-refractivity contribution in [1.82, 2.24) is 0 Å². The van der Waals surface area contributed by atoms with Crippen LogP contribution in [-0.2, 0) is 20.8 Å². The fourth-order valence-electron chi connectivity index (χ4n) is 2.87. The average Bonchev–Trinajstić information content (AvgIpc) is 2.96. The second kappa shape index (κ2) is 5.92. The number of nitrogens with zero attached hydrogens (tertiary/aromatic N) is 1. The van der Waals surface area contributed by atoms with Gasteiger partial charge in [0, 0.05) is 12.8 Å². The third kappa shape index (κ3) is 3.01. The molecular formula is C16H19NO3. The molecule has 0 amide bonds. The van der Waals surface area contributed by atoms with Crippen LogP contribution in [0.1, 0.15) is 36.8 Å². The van der Waals surface area contributed by atoms with Crippen LogP contribution in [0.25, 0.3) is 0 Å². The Hall–Kier alpha value is -1.41. The molecule has 2 aliphatic rings. The summed E-state index contributed by atoms with van der Waals surface area (Å²) in [6, 6.07) is 9.68. The minimum atomic E-state index is -0.311. The molecule has 1 aromatic carbocycles. The molecule has 0 N–H and O–H groups in total. The summed E-state index contributed by atoms with van der Waals surface area (Å²) in [4.78, 5) is 0. The molecule has 1 saturated carbocycles. The summed E-state index contributed by atoms with van der Waals surface area (Å²) < 4.78 is 17.4. The van der Waals surface area contributed by atoms with Crippen molar-refractivity contribution in [3.8, 4) is 6.07 Å². The zero-order chi connectivity index (χ0) is 13.8. The monoisotopic (exact) mass is 273 g/mol. The van der Waals surface area contributed by atoms with Crippen molar-refractivity contribution in [1.29, 1.82) is 5.26 Å². The zero-order valence-corrected chi connectivity index (χ0v) is 11.5. The Balaban J connectivity index is 1.46. The lowest BCUT2D eigenvalue weighted by Crippen LogP contribution is -2.37. The molecule has 106 valence electrons. The number of hydrogen-bond acceptors (Lipinski definition) is 4. The number of benzene rings is 1. The molecule has 4 heteroatoms. The summed E-state index contributed by atoms with van der Waals surface area (Å²) in [6.07, 6.45) is 4.09.